The van der Waals surface area contributed by atoms with Crippen molar-refractivity contribution in [3.63, 3.8) is 0 Å². The van der Waals surface area contributed by atoms with Crippen LogP contribution in [0.5, 0.6) is 0 Å². The molecule has 196 valence electrons. The van der Waals surface area contributed by atoms with Crippen LogP contribution in [0.4, 0.5) is 0 Å². The highest BCUT2D eigenvalue weighted by molar-refractivity contribution is 5.83. The van der Waals surface area contributed by atoms with E-state index in [-0.39, 0.29) is 0 Å². The monoisotopic (exact) mass is 502 g/mol. The van der Waals surface area contributed by atoms with Crippen molar-refractivity contribution in [3.05, 3.63) is 70.7 Å². The van der Waals surface area contributed by atoms with Crippen LogP contribution in [0.1, 0.15) is 47.5 Å². The van der Waals surface area contributed by atoms with Crippen LogP contribution in [0, 0.1) is 20.8 Å². The molecule has 0 aliphatic carbocycles. The number of carbonyl (C=O) groups is 2. The normalized spacial score (nSPS) is 12.6. The molecule has 0 saturated carbocycles. The number of rotatable bonds is 11. The van der Waals surface area contributed by atoms with Gasteiger partial charge in [-0.3, -0.25) is 14.6 Å². The van der Waals surface area contributed by atoms with Crippen LogP contribution in [0.3, 0.4) is 0 Å². The molecule has 36 heavy (non-hydrogen) atoms. The summed E-state index contributed by atoms with van der Waals surface area (Å²) in [6.45, 7) is 11.8. The smallest absolute Gasteiger partial charge is 0.335 e. The van der Waals surface area contributed by atoms with Gasteiger partial charge in [-0.2, -0.15) is 5.10 Å². The number of aryl methyl sites for hydroxylation is 3. The molecule has 0 aliphatic rings. The number of carboxylic acid groups (broad SMARTS) is 2. The Morgan fingerprint density at radius 2 is 1.67 bits per heavy atom. The van der Waals surface area contributed by atoms with Crippen LogP contribution >= 0.6 is 0 Å². The maximum absolute atomic E-state index is 9.77. The first kappa shape index (κ1) is 28.7. The van der Waals surface area contributed by atoms with Gasteiger partial charge in [0.05, 0.1) is 17.9 Å². The van der Waals surface area contributed by atoms with Gasteiger partial charge in [-0.15, -0.1) is 0 Å². The second kappa shape index (κ2) is 13.5. The van der Waals surface area contributed by atoms with E-state index in [4.69, 9.17) is 29.9 Å². The molecule has 3 aromatic heterocycles. The molecule has 0 amide bonds. The Morgan fingerprint density at radius 1 is 1.00 bits per heavy atom. The molecule has 0 saturated heterocycles. The van der Waals surface area contributed by atoms with Gasteiger partial charge in [-0.25, -0.2) is 9.59 Å². The maximum Gasteiger partial charge on any atom is 0.335 e. The third kappa shape index (κ3) is 8.29. The van der Waals surface area contributed by atoms with Crippen molar-refractivity contribution in [3.8, 4) is 0 Å². The number of aliphatic carboxylic acids is 2. The summed E-state index contributed by atoms with van der Waals surface area (Å²) in [5.41, 5.74) is 4.73. The summed E-state index contributed by atoms with van der Waals surface area (Å²) < 4.78 is 7.94. The summed E-state index contributed by atoms with van der Waals surface area (Å²) >= 11 is 0. The van der Waals surface area contributed by atoms with E-state index in [0.717, 1.165) is 55.5 Å². The van der Waals surface area contributed by atoms with E-state index >= 15 is 0 Å². The molecule has 3 rings (SSSR count). The van der Waals surface area contributed by atoms with Gasteiger partial charge in [0.2, 0.25) is 0 Å². The van der Waals surface area contributed by atoms with E-state index in [1.807, 2.05) is 31.3 Å². The van der Waals surface area contributed by atoms with Crippen molar-refractivity contribution in [1.29, 1.82) is 0 Å². The lowest BCUT2D eigenvalue weighted by atomic mass is 10.1. The number of aliphatic hydroxyl groups is 2. The number of pyridine rings is 1. The lowest BCUT2D eigenvalue weighted by Crippen LogP contribution is -2.39. The number of furan rings is 1. The lowest BCUT2D eigenvalue weighted by Gasteiger charge is -2.21. The largest absolute Gasteiger partial charge is 0.479 e. The molecule has 0 spiro atoms. The summed E-state index contributed by atoms with van der Waals surface area (Å²) in [7, 11) is 0. The summed E-state index contributed by atoms with van der Waals surface area (Å²) in [6.07, 6.45) is -1.60. The van der Waals surface area contributed by atoms with Crippen LogP contribution in [0.25, 0.3) is 0 Å². The average molecular weight is 503 g/mol. The number of aromatic nitrogens is 3. The maximum atomic E-state index is 9.77. The molecule has 0 unspecified atom stereocenters. The predicted molar refractivity (Wildman–Crippen MR) is 130 cm³/mol. The number of nitrogens with zero attached hydrogens (tertiary/aromatic N) is 4. The first-order valence-electron chi connectivity index (χ1n) is 11.6. The number of carboxylic acids is 2. The standard InChI is InChI=1S/C21H28N4O.C4H6O6/c1-5-12-25-18(4)21(17(3)23-25)15-24(13-19-8-6-7-11-22-19)14-20-10-9-16(2)26-20;5-1(3(7)8)2(6)4(9)10/h6-11H,5,12-15H2,1-4H3;1-2,5-6H,(H,7,8)(H,9,10)/t;1-,2-/m.1/s1. The first-order valence-corrected chi connectivity index (χ1v) is 11.6. The average Bonchev–Trinajstić information content (AvgIpc) is 3.36. The van der Waals surface area contributed by atoms with E-state index < -0.39 is 24.1 Å². The van der Waals surface area contributed by atoms with Crippen LogP contribution in [0.15, 0.2) is 40.9 Å². The summed E-state index contributed by atoms with van der Waals surface area (Å²) in [5, 5.41) is 37.2. The molecular weight excluding hydrogens is 468 g/mol. The Hall–Kier alpha value is -3.54. The third-order valence-electron chi connectivity index (χ3n) is 5.44. The Morgan fingerprint density at radius 3 is 2.17 bits per heavy atom. The minimum atomic E-state index is -2.27. The zero-order valence-corrected chi connectivity index (χ0v) is 21.0. The van der Waals surface area contributed by atoms with Gasteiger partial charge in [0.25, 0.3) is 0 Å². The number of aliphatic hydroxyl groups excluding tert-OH is 2. The van der Waals surface area contributed by atoms with Crippen molar-refractivity contribution >= 4 is 11.9 Å². The Bertz CT molecular complexity index is 1110. The molecule has 4 N–H and O–H groups in total. The summed E-state index contributed by atoms with van der Waals surface area (Å²) in [5.74, 6) is -1.61. The van der Waals surface area contributed by atoms with Gasteiger partial charge in [-0.1, -0.05) is 13.0 Å². The fraction of sp³-hybridized carbons (Fsp3) is 0.440. The van der Waals surface area contributed by atoms with Crippen LogP contribution in [0.2, 0.25) is 0 Å². The highest BCUT2D eigenvalue weighted by atomic mass is 16.4. The number of hydrogen-bond donors (Lipinski definition) is 4. The van der Waals surface area contributed by atoms with Crippen LogP contribution in [-0.4, -0.2) is 64.2 Å². The van der Waals surface area contributed by atoms with Crippen molar-refractivity contribution in [2.75, 3.05) is 0 Å². The highest BCUT2D eigenvalue weighted by Gasteiger charge is 2.29. The Balaban J connectivity index is 0.000000388. The minimum absolute atomic E-state index is 0.752. The van der Waals surface area contributed by atoms with E-state index in [2.05, 4.69) is 47.5 Å². The van der Waals surface area contributed by atoms with Crippen molar-refractivity contribution in [1.82, 2.24) is 19.7 Å². The van der Waals surface area contributed by atoms with Gasteiger partial charge in [0, 0.05) is 37.1 Å². The van der Waals surface area contributed by atoms with Gasteiger partial charge in [0.1, 0.15) is 11.5 Å². The Labute approximate surface area is 209 Å². The van der Waals surface area contributed by atoms with Gasteiger partial charge >= 0.3 is 11.9 Å². The molecule has 11 nitrogen and oxygen atoms in total. The molecule has 0 bridgehead atoms. The van der Waals surface area contributed by atoms with Gasteiger partial charge in [-0.05, 0) is 51.5 Å². The fourth-order valence-electron chi connectivity index (χ4n) is 3.56. The second-order valence-corrected chi connectivity index (χ2v) is 8.42. The molecule has 3 aromatic rings. The van der Waals surface area contributed by atoms with Crippen LogP contribution < -0.4 is 0 Å². The van der Waals surface area contributed by atoms with E-state index in [9.17, 15) is 9.59 Å². The third-order valence-corrected chi connectivity index (χ3v) is 5.44. The van der Waals surface area contributed by atoms with E-state index in [0.29, 0.717) is 0 Å². The molecular formula is C25H34N4O7. The molecule has 0 aliphatic heterocycles. The zero-order valence-electron chi connectivity index (χ0n) is 21.0. The minimum Gasteiger partial charge on any atom is -0.479 e. The topological polar surface area (TPSA) is 162 Å². The number of hydrogen-bond acceptors (Lipinski definition) is 8. The van der Waals surface area contributed by atoms with Crippen molar-refractivity contribution < 1.29 is 34.4 Å². The molecule has 0 radical (unpaired) electrons. The van der Waals surface area contributed by atoms with E-state index in [1.165, 1.54) is 11.3 Å². The van der Waals surface area contributed by atoms with Crippen LogP contribution in [-0.2, 0) is 35.8 Å². The quantitative estimate of drug-likeness (QED) is 0.306. The van der Waals surface area contributed by atoms with Crippen molar-refractivity contribution in [2.45, 2.75) is 72.5 Å². The summed E-state index contributed by atoms with van der Waals surface area (Å²) in [4.78, 5) is 26.4. The molecule has 2 atom stereocenters. The fourth-order valence-corrected chi connectivity index (χ4v) is 3.56. The highest BCUT2D eigenvalue weighted by Crippen LogP contribution is 2.20. The van der Waals surface area contributed by atoms with Crippen molar-refractivity contribution in [2.24, 2.45) is 0 Å². The Kier molecular flexibility index (Phi) is 10.8. The van der Waals surface area contributed by atoms with Gasteiger partial charge in [0.15, 0.2) is 12.2 Å². The molecule has 11 heteroatoms. The van der Waals surface area contributed by atoms with Gasteiger partial charge < -0.3 is 24.8 Å². The first-order chi connectivity index (χ1) is 17.0. The second-order valence-electron chi connectivity index (χ2n) is 8.42. The predicted octanol–water partition coefficient (Wildman–Crippen LogP) is 2.29. The zero-order chi connectivity index (χ0) is 26.8. The molecule has 0 aromatic carbocycles. The SMILES string of the molecule is CCCn1nc(C)c(CN(Cc2ccccn2)Cc2ccc(C)o2)c1C.O=C(O)[C@H](O)[C@@H](O)C(=O)O. The summed E-state index contributed by atoms with van der Waals surface area (Å²) in [6, 6.07) is 10.1. The lowest BCUT2D eigenvalue weighted by molar-refractivity contribution is -0.165. The molecule has 0 fully saturated rings. The molecule has 3 heterocycles. The van der Waals surface area contributed by atoms with E-state index in [1.54, 1.807) is 0 Å².